The Morgan fingerprint density at radius 2 is 2.40 bits per heavy atom. The van der Waals surface area contributed by atoms with Crippen LogP contribution in [0.25, 0.3) is 0 Å². The van der Waals surface area contributed by atoms with E-state index in [1.165, 1.54) is 0 Å². The zero-order valence-electron chi connectivity index (χ0n) is 6.34. The van der Waals surface area contributed by atoms with Crippen molar-refractivity contribution in [2.75, 3.05) is 26.9 Å². The van der Waals surface area contributed by atoms with E-state index < -0.39 is 0 Å². The van der Waals surface area contributed by atoms with E-state index >= 15 is 0 Å². The van der Waals surface area contributed by atoms with Crippen LogP contribution >= 0.6 is 0 Å². The SMILES string of the molecule is COCCOC1CCCO1. The molecular formula is C7H14O3. The zero-order valence-corrected chi connectivity index (χ0v) is 6.34. The Bertz CT molecular complexity index is 78.9. The Kier molecular flexibility index (Phi) is 3.72. The van der Waals surface area contributed by atoms with Crippen molar-refractivity contribution in [2.45, 2.75) is 19.1 Å². The fraction of sp³-hybridized carbons (Fsp3) is 1.00. The Hall–Kier alpha value is -0.120. The zero-order chi connectivity index (χ0) is 7.23. The maximum absolute atomic E-state index is 5.30. The van der Waals surface area contributed by atoms with Crippen molar-refractivity contribution in [3.8, 4) is 0 Å². The van der Waals surface area contributed by atoms with Crippen LogP contribution in [0.3, 0.4) is 0 Å². The minimum Gasteiger partial charge on any atom is -0.382 e. The number of hydrogen-bond acceptors (Lipinski definition) is 3. The lowest BCUT2D eigenvalue weighted by molar-refractivity contribution is -0.119. The Morgan fingerprint density at radius 3 is 3.00 bits per heavy atom. The molecule has 3 nitrogen and oxygen atoms in total. The summed E-state index contributed by atoms with van der Waals surface area (Å²) in [5, 5.41) is 0. The molecule has 0 aromatic heterocycles. The van der Waals surface area contributed by atoms with Crippen molar-refractivity contribution in [1.29, 1.82) is 0 Å². The van der Waals surface area contributed by atoms with Gasteiger partial charge in [-0.15, -0.1) is 0 Å². The quantitative estimate of drug-likeness (QED) is 0.549. The molecule has 1 fully saturated rings. The molecule has 10 heavy (non-hydrogen) atoms. The largest absolute Gasteiger partial charge is 0.382 e. The van der Waals surface area contributed by atoms with Crippen LogP contribution in [0, 0.1) is 0 Å². The monoisotopic (exact) mass is 146 g/mol. The molecule has 1 saturated heterocycles. The molecule has 1 aliphatic rings. The van der Waals surface area contributed by atoms with Gasteiger partial charge in [0.25, 0.3) is 0 Å². The highest BCUT2D eigenvalue weighted by molar-refractivity contribution is 4.53. The highest BCUT2D eigenvalue weighted by atomic mass is 16.7. The summed E-state index contributed by atoms with van der Waals surface area (Å²) in [6, 6.07) is 0. The molecule has 1 aliphatic heterocycles. The first-order chi connectivity index (χ1) is 4.93. The minimum atomic E-state index is 0.0372. The van der Waals surface area contributed by atoms with Crippen molar-refractivity contribution in [3.63, 3.8) is 0 Å². The van der Waals surface area contributed by atoms with Crippen LogP contribution in [-0.2, 0) is 14.2 Å². The summed E-state index contributed by atoms with van der Waals surface area (Å²) in [6.07, 6.45) is 2.19. The summed E-state index contributed by atoms with van der Waals surface area (Å²) in [7, 11) is 1.67. The number of hydrogen-bond donors (Lipinski definition) is 0. The van der Waals surface area contributed by atoms with Gasteiger partial charge in [-0.3, -0.25) is 0 Å². The van der Waals surface area contributed by atoms with Gasteiger partial charge in [0, 0.05) is 20.1 Å². The van der Waals surface area contributed by atoms with Crippen LogP contribution in [0.1, 0.15) is 12.8 Å². The molecule has 1 atom stereocenters. The second-order valence-corrected chi connectivity index (χ2v) is 2.31. The lowest BCUT2D eigenvalue weighted by Crippen LogP contribution is -2.13. The minimum absolute atomic E-state index is 0.0372. The summed E-state index contributed by atoms with van der Waals surface area (Å²) in [6.45, 7) is 2.14. The summed E-state index contributed by atoms with van der Waals surface area (Å²) < 4.78 is 15.3. The molecule has 0 aliphatic carbocycles. The molecule has 0 spiro atoms. The molecule has 0 bridgehead atoms. The molecule has 0 aromatic carbocycles. The van der Waals surface area contributed by atoms with E-state index in [2.05, 4.69) is 0 Å². The van der Waals surface area contributed by atoms with E-state index in [1.807, 2.05) is 0 Å². The fourth-order valence-electron chi connectivity index (χ4n) is 0.942. The lowest BCUT2D eigenvalue weighted by atomic mass is 10.4. The average Bonchev–Trinajstić information content (AvgIpc) is 2.41. The van der Waals surface area contributed by atoms with Crippen LogP contribution in [0.15, 0.2) is 0 Å². The highest BCUT2D eigenvalue weighted by Gasteiger charge is 2.14. The van der Waals surface area contributed by atoms with Gasteiger partial charge < -0.3 is 14.2 Å². The molecule has 0 radical (unpaired) electrons. The topological polar surface area (TPSA) is 27.7 Å². The van der Waals surface area contributed by atoms with Gasteiger partial charge in [-0.05, 0) is 6.42 Å². The Labute approximate surface area is 61.3 Å². The third-order valence-corrected chi connectivity index (χ3v) is 1.48. The van der Waals surface area contributed by atoms with E-state index in [9.17, 15) is 0 Å². The van der Waals surface area contributed by atoms with Crippen molar-refractivity contribution in [1.82, 2.24) is 0 Å². The van der Waals surface area contributed by atoms with Gasteiger partial charge >= 0.3 is 0 Å². The summed E-state index contributed by atoms with van der Waals surface area (Å²) in [4.78, 5) is 0. The first-order valence-electron chi connectivity index (χ1n) is 3.65. The first kappa shape index (κ1) is 7.98. The maximum atomic E-state index is 5.30. The first-order valence-corrected chi connectivity index (χ1v) is 3.65. The maximum Gasteiger partial charge on any atom is 0.157 e. The van der Waals surface area contributed by atoms with Gasteiger partial charge in [0.15, 0.2) is 6.29 Å². The second-order valence-electron chi connectivity index (χ2n) is 2.31. The molecule has 0 saturated carbocycles. The number of ether oxygens (including phenoxy) is 3. The van der Waals surface area contributed by atoms with Crippen molar-refractivity contribution in [3.05, 3.63) is 0 Å². The van der Waals surface area contributed by atoms with Gasteiger partial charge in [-0.25, -0.2) is 0 Å². The summed E-state index contributed by atoms with van der Waals surface area (Å²) >= 11 is 0. The van der Waals surface area contributed by atoms with E-state index in [0.29, 0.717) is 13.2 Å². The number of methoxy groups -OCH3 is 1. The van der Waals surface area contributed by atoms with E-state index in [0.717, 1.165) is 19.4 Å². The Balaban J connectivity index is 1.91. The fourth-order valence-corrected chi connectivity index (χ4v) is 0.942. The van der Waals surface area contributed by atoms with Gasteiger partial charge in [-0.2, -0.15) is 0 Å². The standard InChI is InChI=1S/C7H14O3/c1-8-5-6-10-7-3-2-4-9-7/h7H,2-6H2,1H3. The summed E-state index contributed by atoms with van der Waals surface area (Å²) in [5.74, 6) is 0. The molecule has 0 aromatic rings. The van der Waals surface area contributed by atoms with E-state index in [1.54, 1.807) is 7.11 Å². The molecule has 60 valence electrons. The van der Waals surface area contributed by atoms with Crippen molar-refractivity contribution < 1.29 is 14.2 Å². The average molecular weight is 146 g/mol. The van der Waals surface area contributed by atoms with Crippen LogP contribution in [0.2, 0.25) is 0 Å². The summed E-state index contributed by atoms with van der Waals surface area (Å²) in [5.41, 5.74) is 0. The normalized spacial score (nSPS) is 25.5. The van der Waals surface area contributed by atoms with Crippen LogP contribution in [0.5, 0.6) is 0 Å². The third kappa shape index (κ3) is 2.64. The Morgan fingerprint density at radius 1 is 1.50 bits per heavy atom. The molecule has 0 N–H and O–H groups in total. The highest BCUT2D eigenvalue weighted by Crippen LogP contribution is 2.12. The van der Waals surface area contributed by atoms with Crippen molar-refractivity contribution in [2.24, 2.45) is 0 Å². The van der Waals surface area contributed by atoms with E-state index in [4.69, 9.17) is 14.2 Å². The van der Waals surface area contributed by atoms with Crippen LogP contribution < -0.4 is 0 Å². The number of rotatable bonds is 4. The molecular weight excluding hydrogens is 132 g/mol. The van der Waals surface area contributed by atoms with Crippen molar-refractivity contribution >= 4 is 0 Å². The van der Waals surface area contributed by atoms with Gasteiger partial charge in [0.2, 0.25) is 0 Å². The van der Waals surface area contributed by atoms with Gasteiger partial charge in [0.1, 0.15) is 0 Å². The van der Waals surface area contributed by atoms with Crippen LogP contribution in [-0.4, -0.2) is 33.2 Å². The van der Waals surface area contributed by atoms with E-state index in [-0.39, 0.29) is 6.29 Å². The molecule has 3 heteroatoms. The molecule has 1 rings (SSSR count). The predicted molar refractivity (Wildman–Crippen MR) is 36.8 cm³/mol. The smallest absolute Gasteiger partial charge is 0.157 e. The third-order valence-electron chi connectivity index (χ3n) is 1.48. The van der Waals surface area contributed by atoms with Crippen LogP contribution in [0.4, 0.5) is 0 Å². The van der Waals surface area contributed by atoms with Gasteiger partial charge in [-0.1, -0.05) is 0 Å². The molecule has 1 unspecified atom stereocenters. The van der Waals surface area contributed by atoms with Gasteiger partial charge in [0.05, 0.1) is 13.2 Å². The lowest BCUT2D eigenvalue weighted by Gasteiger charge is -2.09. The second kappa shape index (κ2) is 4.66. The predicted octanol–water partition coefficient (Wildman–Crippen LogP) is 0.786. The molecule has 0 amide bonds. The molecule has 1 heterocycles.